The molecule has 0 saturated heterocycles. The van der Waals surface area contributed by atoms with E-state index in [-0.39, 0.29) is 16.4 Å². The zero-order chi connectivity index (χ0) is 20.1. The maximum absolute atomic E-state index is 12.4. The smallest absolute Gasteiger partial charge is 0.323 e. The third-order valence-electron chi connectivity index (χ3n) is 3.82. The molecule has 0 radical (unpaired) electrons. The lowest BCUT2D eigenvalue weighted by atomic mass is 10.0. The van der Waals surface area contributed by atoms with Crippen molar-refractivity contribution in [2.75, 3.05) is 17.2 Å². The summed E-state index contributed by atoms with van der Waals surface area (Å²) >= 11 is 0.828. The fourth-order valence-corrected chi connectivity index (χ4v) is 4.93. The molecule has 2 aromatic carbocycles. The summed E-state index contributed by atoms with van der Waals surface area (Å²) in [5.74, 6) is -0.488. The first-order chi connectivity index (χ1) is 13.4. The second kappa shape index (κ2) is 8.42. The van der Waals surface area contributed by atoms with Crippen LogP contribution in [0.1, 0.15) is 6.92 Å². The van der Waals surface area contributed by atoms with Crippen molar-refractivity contribution < 1.29 is 18.3 Å². The van der Waals surface area contributed by atoms with E-state index < -0.39 is 21.8 Å². The normalized spacial score (nSPS) is 11.2. The van der Waals surface area contributed by atoms with Crippen LogP contribution in [0.3, 0.4) is 0 Å². The Balaban J connectivity index is 1.79. The van der Waals surface area contributed by atoms with Crippen molar-refractivity contribution in [1.82, 2.24) is 4.72 Å². The zero-order valence-electron chi connectivity index (χ0n) is 15.0. The first-order valence-corrected chi connectivity index (χ1v) is 10.8. The summed E-state index contributed by atoms with van der Waals surface area (Å²) in [6.45, 7) is 1.83. The van der Waals surface area contributed by atoms with Gasteiger partial charge in [-0.15, -0.1) is 11.3 Å². The number of benzene rings is 2. The molecule has 0 atom stereocenters. The molecule has 0 saturated carbocycles. The SMILES string of the molecule is CCNS(=O)(=O)c1scc(NC(=O)Nc2ccccc2-c2ccccc2)c1O. The van der Waals surface area contributed by atoms with Crippen LogP contribution in [0.2, 0.25) is 0 Å². The molecule has 0 spiro atoms. The van der Waals surface area contributed by atoms with Gasteiger partial charge in [0, 0.05) is 17.5 Å². The average Bonchev–Trinajstić information content (AvgIpc) is 3.04. The van der Waals surface area contributed by atoms with E-state index in [1.807, 2.05) is 42.5 Å². The van der Waals surface area contributed by atoms with Gasteiger partial charge >= 0.3 is 6.03 Å². The second-order valence-electron chi connectivity index (χ2n) is 5.78. The van der Waals surface area contributed by atoms with E-state index in [4.69, 9.17) is 0 Å². The molecule has 146 valence electrons. The molecule has 4 N–H and O–H groups in total. The molecule has 9 heteroatoms. The summed E-state index contributed by atoms with van der Waals surface area (Å²) in [5.41, 5.74) is 2.39. The summed E-state index contributed by atoms with van der Waals surface area (Å²) in [6, 6.07) is 16.3. The molecular weight excluding hydrogens is 398 g/mol. The van der Waals surface area contributed by atoms with Crippen LogP contribution in [-0.2, 0) is 10.0 Å². The fraction of sp³-hybridized carbons (Fsp3) is 0.105. The highest BCUT2D eigenvalue weighted by Crippen LogP contribution is 2.37. The lowest BCUT2D eigenvalue weighted by Gasteiger charge is -2.12. The molecular formula is C19H19N3O4S2. The Bertz CT molecular complexity index is 1080. The van der Waals surface area contributed by atoms with Crippen LogP contribution < -0.4 is 15.4 Å². The lowest BCUT2D eigenvalue weighted by Crippen LogP contribution is -2.22. The van der Waals surface area contributed by atoms with Crippen molar-refractivity contribution in [3.63, 3.8) is 0 Å². The van der Waals surface area contributed by atoms with E-state index in [9.17, 15) is 18.3 Å². The Morgan fingerprint density at radius 1 is 1.00 bits per heavy atom. The highest BCUT2D eigenvalue weighted by Gasteiger charge is 2.23. The van der Waals surface area contributed by atoms with E-state index >= 15 is 0 Å². The van der Waals surface area contributed by atoms with Crippen molar-refractivity contribution in [3.05, 3.63) is 60.0 Å². The van der Waals surface area contributed by atoms with Crippen LogP contribution in [0.15, 0.2) is 64.2 Å². The van der Waals surface area contributed by atoms with E-state index in [0.717, 1.165) is 22.5 Å². The number of thiophene rings is 1. The molecule has 0 aliphatic heterocycles. The van der Waals surface area contributed by atoms with Gasteiger partial charge in [-0.1, -0.05) is 55.5 Å². The third kappa shape index (κ3) is 4.33. The largest absolute Gasteiger partial charge is 0.504 e. The number of urea groups is 1. The minimum absolute atomic E-state index is 0.0242. The molecule has 0 fully saturated rings. The minimum atomic E-state index is -3.81. The first kappa shape index (κ1) is 19.9. The molecule has 2 amide bonds. The van der Waals surface area contributed by atoms with Crippen LogP contribution in [0, 0.1) is 0 Å². The molecule has 28 heavy (non-hydrogen) atoms. The Morgan fingerprint density at radius 3 is 2.36 bits per heavy atom. The number of sulfonamides is 1. The van der Waals surface area contributed by atoms with Gasteiger partial charge < -0.3 is 15.7 Å². The molecule has 0 aliphatic rings. The zero-order valence-corrected chi connectivity index (χ0v) is 16.6. The first-order valence-electron chi connectivity index (χ1n) is 8.45. The Labute approximate surface area is 167 Å². The summed E-state index contributed by atoms with van der Waals surface area (Å²) in [5, 5.41) is 16.8. The number of hydrogen-bond donors (Lipinski definition) is 4. The lowest BCUT2D eigenvalue weighted by molar-refractivity contribution is 0.262. The summed E-state index contributed by atoms with van der Waals surface area (Å²) < 4.78 is 26.2. The number of carbonyl (C=O) groups excluding carboxylic acids is 1. The predicted octanol–water partition coefficient (Wildman–Crippen LogP) is 4.06. The minimum Gasteiger partial charge on any atom is -0.504 e. The maximum atomic E-state index is 12.4. The van der Waals surface area contributed by atoms with E-state index in [1.165, 1.54) is 5.38 Å². The van der Waals surface area contributed by atoms with E-state index in [2.05, 4.69) is 15.4 Å². The number of hydrogen-bond acceptors (Lipinski definition) is 5. The van der Waals surface area contributed by atoms with Crippen molar-refractivity contribution in [2.24, 2.45) is 0 Å². The van der Waals surface area contributed by atoms with Crippen LogP contribution >= 0.6 is 11.3 Å². The number of aromatic hydroxyl groups is 1. The topological polar surface area (TPSA) is 108 Å². The molecule has 3 rings (SSSR count). The van der Waals surface area contributed by atoms with Gasteiger partial charge in [-0.2, -0.15) is 0 Å². The van der Waals surface area contributed by atoms with Gasteiger partial charge in [0.1, 0.15) is 0 Å². The molecule has 1 aromatic heterocycles. The van der Waals surface area contributed by atoms with Crippen LogP contribution in [0.4, 0.5) is 16.2 Å². The van der Waals surface area contributed by atoms with Gasteiger partial charge in [0.25, 0.3) is 10.0 Å². The summed E-state index contributed by atoms with van der Waals surface area (Å²) in [6.07, 6.45) is 0. The van der Waals surface area contributed by atoms with Gasteiger partial charge in [-0.3, -0.25) is 0 Å². The Kier molecular flexibility index (Phi) is 5.98. The van der Waals surface area contributed by atoms with Crippen LogP contribution in [0.5, 0.6) is 5.75 Å². The van der Waals surface area contributed by atoms with Crippen molar-refractivity contribution >= 4 is 38.8 Å². The highest BCUT2D eigenvalue weighted by atomic mass is 32.2. The maximum Gasteiger partial charge on any atom is 0.323 e. The molecule has 0 bridgehead atoms. The molecule has 0 aliphatic carbocycles. The third-order valence-corrected chi connectivity index (χ3v) is 6.88. The van der Waals surface area contributed by atoms with Gasteiger partial charge in [0.15, 0.2) is 9.96 Å². The molecule has 1 heterocycles. The van der Waals surface area contributed by atoms with Crippen molar-refractivity contribution in [1.29, 1.82) is 0 Å². The predicted molar refractivity (Wildman–Crippen MR) is 111 cm³/mol. The highest BCUT2D eigenvalue weighted by molar-refractivity contribution is 7.91. The standard InChI is InChI=1S/C19H19N3O4S2/c1-2-20-28(25,26)18-17(23)16(12-27-18)22-19(24)21-15-11-7-6-10-14(15)13-8-4-3-5-9-13/h3-12,20,23H,2H2,1H3,(H2,21,22,24). The monoisotopic (exact) mass is 417 g/mol. The van der Waals surface area contributed by atoms with E-state index in [0.29, 0.717) is 5.69 Å². The Hall–Kier alpha value is -2.88. The van der Waals surface area contributed by atoms with Gasteiger partial charge in [0.05, 0.1) is 11.4 Å². The summed E-state index contributed by atoms with van der Waals surface area (Å²) in [7, 11) is -3.81. The number of carbonyl (C=O) groups is 1. The van der Waals surface area contributed by atoms with Crippen LogP contribution in [-0.4, -0.2) is 26.1 Å². The van der Waals surface area contributed by atoms with Gasteiger partial charge in [-0.25, -0.2) is 17.9 Å². The van der Waals surface area contributed by atoms with Crippen molar-refractivity contribution in [2.45, 2.75) is 11.1 Å². The van der Waals surface area contributed by atoms with Gasteiger partial charge in [-0.05, 0) is 11.6 Å². The number of amides is 2. The second-order valence-corrected chi connectivity index (χ2v) is 8.62. The number of rotatable bonds is 6. The van der Waals surface area contributed by atoms with Gasteiger partial charge in [0.2, 0.25) is 0 Å². The van der Waals surface area contributed by atoms with Crippen LogP contribution in [0.25, 0.3) is 11.1 Å². The van der Waals surface area contributed by atoms with Crippen molar-refractivity contribution in [3.8, 4) is 16.9 Å². The number of para-hydroxylation sites is 1. The molecule has 3 aromatic rings. The van der Waals surface area contributed by atoms with E-state index in [1.54, 1.807) is 19.1 Å². The number of nitrogens with one attached hydrogen (secondary N) is 3. The molecule has 7 nitrogen and oxygen atoms in total. The summed E-state index contributed by atoms with van der Waals surface area (Å²) in [4.78, 5) is 12.4. The number of anilines is 2. The fourth-order valence-electron chi connectivity index (χ4n) is 2.61. The quantitative estimate of drug-likeness (QED) is 0.485. The Morgan fingerprint density at radius 2 is 1.64 bits per heavy atom. The average molecular weight is 418 g/mol. The molecule has 0 unspecified atom stereocenters.